The average molecular weight is 172 g/mol. The lowest BCUT2D eigenvalue weighted by atomic mass is 9.88. The van der Waals surface area contributed by atoms with Crippen LogP contribution in [0.1, 0.15) is 40.0 Å². The molecule has 1 aliphatic rings. The predicted molar refractivity (Wildman–Crippen MR) is 44.6 cm³/mol. The molecule has 0 aliphatic carbocycles. The van der Waals surface area contributed by atoms with Crippen molar-refractivity contribution in [1.29, 1.82) is 0 Å². The SMILES string of the molecule is CCC1(CC)CC(C)(O)C(=O)O1. The van der Waals surface area contributed by atoms with Crippen molar-refractivity contribution >= 4 is 5.97 Å². The summed E-state index contributed by atoms with van der Waals surface area (Å²) in [5.41, 5.74) is -1.69. The molecule has 0 aromatic rings. The van der Waals surface area contributed by atoms with Gasteiger partial charge in [-0.05, 0) is 19.8 Å². The minimum atomic E-state index is -1.27. The highest BCUT2D eigenvalue weighted by Crippen LogP contribution is 2.38. The average Bonchev–Trinajstić information content (AvgIpc) is 2.24. The molecule has 3 heteroatoms. The van der Waals surface area contributed by atoms with Gasteiger partial charge in [-0.1, -0.05) is 13.8 Å². The Morgan fingerprint density at radius 2 is 2.00 bits per heavy atom. The van der Waals surface area contributed by atoms with E-state index in [2.05, 4.69) is 0 Å². The molecule has 1 fully saturated rings. The summed E-state index contributed by atoms with van der Waals surface area (Å²) < 4.78 is 5.17. The van der Waals surface area contributed by atoms with Crippen LogP contribution in [-0.4, -0.2) is 22.3 Å². The third-order valence-electron chi connectivity index (χ3n) is 2.70. The lowest BCUT2D eigenvalue weighted by Crippen LogP contribution is -2.31. The Bertz CT molecular complexity index is 192. The molecule has 0 aromatic heterocycles. The van der Waals surface area contributed by atoms with E-state index in [1.807, 2.05) is 13.8 Å². The van der Waals surface area contributed by atoms with Crippen molar-refractivity contribution in [3.63, 3.8) is 0 Å². The van der Waals surface area contributed by atoms with Crippen LogP contribution in [0, 0.1) is 0 Å². The lowest BCUT2D eigenvalue weighted by Gasteiger charge is -2.24. The van der Waals surface area contributed by atoms with Crippen LogP contribution in [0.5, 0.6) is 0 Å². The van der Waals surface area contributed by atoms with Crippen LogP contribution >= 0.6 is 0 Å². The van der Waals surface area contributed by atoms with Crippen molar-refractivity contribution in [2.24, 2.45) is 0 Å². The lowest BCUT2D eigenvalue weighted by molar-refractivity contribution is -0.158. The molecule has 0 saturated carbocycles. The van der Waals surface area contributed by atoms with Gasteiger partial charge in [0.1, 0.15) is 5.60 Å². The van der Waals surface area contributed by atoms with Crippen molar-refractivity contribution in [1.82, 2.24) is 0 Å². The Hall–Kier alpha value is -0.570. The first-order valence-corrected chi connectivity index (χ1v) is 4.41. The second-order valence-electron chi connectivity index (χ2n) is 3.73. The first kappa shape index (κ1) is 9.52. The van der Waals surface area contributed by atoms with E-state index in [1.165, 1.54) is 6.92 Å². The smallest absolute Gasteiger partial charge is 0.338 e. The molecule has 1 aliphatic heterocycles. The number of rotatable bonds is 2. The van der Waals surface area contributed by atoms with E-state index in [1.54, 1.807) is 0 Å². The van der Waals surface area contributed by atoms with Crippen LogP contribution in [0.25, 0.3) is 0 Å². The zero-order valence-electron chi connectivity index (χ0n) is 7.89. The molecule has 0 radical (unpaired) electrons. The Balaban J connectivity index is 2.82. The molecule has 70 valence electrons. The molecule has 1 heterocycles. The van der Waals surface area contributed by atoms with Crippen LogP contribution in [0.15, 0.2) is 0 Å². The van der Waals surface area contributed by atoms with Crippen molar-refractivity contribution in [3.05, 3.63) is 0 Å². The maximum absolute atomic E-state index is 11.2. The van der Waals surface area contributed by atoms with E-state index in [9.17, 15) is 9.90 Å². The maximum Gasteiger partial charge on any atom is 0.338 e. The third kappa shape index (κ3) is 1.33. The fourth-order valence-corrected chi connectivity index (χ4v) is 1.69. The van der Waals surface area contributed by atoms with Crippen molar-refractivity contribution in [2.45, 2.75) is 51.2 Å². The van der Waals surface area contributed by atoms with Gasteiger partial charge >= 0.3 is 5.97 Å². The molecule has 0 amide bonds. The molecule has 12 heavy (non-hydrogen) atoms. The van der Waals surface area contributed by atoms with Crippen LogP contribution in [0.3, 0.4) is 0 Å². The molecule has 3 nitrogen and oxygen atoms in total. The first-order chi connectivity index (χ1) is 5.46. The normalized spacial score (nSPS) is 33.5. The number of carbonyl (C=O) groups is 1. The highest BCUT2D eigenvalue weighted by molar-refractivity contribution is 5.81. The number of ether oxygens (including phenoxy) is 1. The van der Waals surface area contributed by atoms with E-state index < -0.39 is 17.2 Å². The van der Waals surface area contributed by atoms with Gasteiger partial charge in [-0.2, -0.15) is 0 Å². The van der Waals surface area contributed by atoms with Crippen molar-refractivity contribution in [3.8, 4) is 0 Å². The number of hydrogen-bond donors (Lipinski definition) is 1. The Labute approximate surface area is 72.7 Å². The van der Waals surface area contributed by atoms with E-state index in [-0.39, 0.29) is 0 Å². The predicted octanol–water partition coefficient (Wildman–Crippen LogP) is 1.24. The van der Waals surface area contributed by atoms with Gasteiger partial charge in [-0.25, -0.2) is 4.79 Å². The van der Waals surface area contributed by atoms with Crippen LogP contribution < -0.4 is 0 Å². The van der Waals surface area contributed by atoms with Gasteiger partial charge in [-0.15, -0.1) is 0 Å². The quantitative estimate of drug-likeness (QED) is 0.637. The number of carbonyl (C=O) groups excluding carboxylic acids is 1. The van der Waals surface area contributed by atoms with Crippen LogP contribution in [0.4, 0.5) is 0 Å². The molecule has 1 N–H and O–H groups in total. The summed E-state index contributed by atoms with van der Waals surface area (Å²) >= 11 is 0. The molecular weight excluding hydrogens is 156 g/mol. The molecular formula is C9H16O3. The fourth-order valence-electron chi connectivity index (χ4n) is 1.69. The van der Waals surface area contributed by atoms with Gasteiger partial charge < -0.3 is 9.84 Å². The summed E-state index contributed by atoms with van der Waals surface area (Å²) in [5.74, 6) is -0.480. The van der Waals surface area contributed by atoms with Crippen LogP contribution in [0.2, 0.25) is 0 Å². The van der Waals surface area contributed by atoms with E-state index in [4.69, 9.17) is 4.74 Å². The molecule has 0 bridgehead atoms. The van der Waals surface area contributed by atoms with Gasteiger partial charge in [0.25, 0.3) is 0 Å². The van der Waals surface area contributed by atoms with Crippen molar-refractivity contribution < 1.29 is 14.6 Å². The van der Waals surface area contributed by atoms with E-state index in [0.29, 0.717) is 6.42 Å². The highest BCUT2D eigenvalue weighted by atomic mass is 16.6. The fraction of sp³-hybridized carbons (Fsp3) is 0.889. The van der Waals surface area contributed by atoms with Crippen molar-refractivity contribution in [2.75, 3.05) is 0 Å². The summed E-state index contributed by atoms with van der Waals surface area (Å²) in [6, 6.07) is 0. The summed E-state index contributed by atoms with van der Waals surface area (Å²) in [6.45, 7) is 5.46. The minimum Gasteiger partial charge on any atom is -0.457 e. The summed E-state index contributed by atoms with van der Waals surface area (Å²) in [7, 11) is 0. The van der Waals surface area contributed by atoms with Crippen LogP contribution in [-0.2, 0) is 9.53 Å². The minimum absolute atomic E-state index is 0.416. The van der Waals surface area contributed by atoms with Gasteiger partial charge in [-0.3, -0.25) is 0 Å². The molecule has 1 atom stereocenters. The summed E-state index contributed by atoms with van der Waals surface area (Å²) in [6.07, 6.45) is 1.96. The second-order valence-corrected chi connectivity index (χ2v) is 3.73. The molecule has 0 aromatic carbocycles. The number of aliphatic hydroxyl groups is 1. The Morgan fingerprint density at radius 3 is 2.17 bits per heavy atom. The number of cyclic esters (lactones) is 1. The topological polar surface area (TPSA) is 46.5 Å². The Morgan fingerprint density at radius 1 is 1.50 bits per heavy atom. The van der Waals surface area contributed by atoms with Gasteiger partial charge in [0.15, 0.2) is 5.60 Å². The number of esters is 1. The van der Waals surface area contributed by atoms with Gasteiger partial charge in [0.2, 0.25) is 0 Å². The molecule has 1 rings (SSSR count). The largest absolute Gasteiger partial charge is 0.457 e. The zero-order chi connectivity index (χ0) is 9.41. The monoisotopic (exact) mass is 172 g/mol. The highest BCUT2D eigenvalue weighted by Gasteiger charge is 2.51. The van der Waals surface area contributed by atoms with E-state index >= 15 is 0 Å². The second kappa shape index (κ2) is 2.73. The maximum atomic E-state index is 11.2. The van der Waals surface area contributed by atoms with Gasteiger partial charge in [0, 0.05) is 6.42 Å². The summed E-state index contributed by atoms with van der Waals surface area (Å²) in [4.78, 5) is 11.2. The molecule has 0 spiro atoms. The standard InChI is InChI=1S/C9H16O3/c1-4-9(5-2)6-8(3,11)7(10)12-9/h11H,4-6H2,1-3H3. The molecule has 1 saturated heterocycles. The molecule has 1 unspecified atom stereocenters. The first-order valence-electron chi connectivity index (χ1n) is 4.41. The zero-order valence-corrected chi connectivity index (χ0v) is 7.89. The van der Waals surface area contributed by atoms with E-state index in [0.717, 1.165) is 12.8 Å². The number of hydrogen-bond acceptors (Lipinski definition) is 3. The summed E-state index contributed by atoms with van der Waals surface area (Å²) in [5, 5.41) is 9.59. The van der Waals surface area contributed by atoms with Gasteiger partial charge in [0.05, 0.1) is 0 Å². The Kier molecular flexibility index (Phi) is 2.17. The third-order valence-corrected chi connectivity index (χ3v) is 2.70.